The van der Waals surface area contributed by atoms with Crippen molar-refractivity contribution in [3.05, 3.63) is 65.6 Å². The average Bonchev–Trinajstić information content (AvgIpc) is 3.25. The molecule has 0 spiro atoms. The maximum Gasteiger partial charge on any atom is 0.356 e. The van der Waals surface area contributed by atoms with Crippen molar-refractivity contribution in [1.29, 1.82) is 5.26 Å². The highest BCUT2D eigenvalue weighted by atomic mass is 19.1. The predicted octanol–water partition coefficient (Wildman–Crippen LogP) is 3.86. The number of carbonyl (C=O) groups is 1. The van der Waals surface area contributed by atoms with Crippen molar-refractivity contribution in [2.24, 2.45) is 0 Å². The molecule has 31 heavy (non-hydrogen) atoms. The van der Waals surface area contributed by atoms with Gasteiger partial charge in [0.05, 0.1) is 23.0 Å². The van der Waals surface area contributed by atoms with Gasteiger partial charge in [-0.1, -0.05) is 6.07 Å². The predicted molar refractivity (Wildman–Crippen MR) is 113 cm³/mol. The van der Waals surface area contributed by atoms with Crippen molar-refractivity contribution in [2.75, 3.05) is 25.1 Å². The molecule has 0 atom stereocenters. The molecule has 0 radical (unpaired) electrons. The van der Waals surface area contributed by atoms with E-state index in [2.05, 4.69) is 10.00 Å². The second-order valence-electron chi connectivity index (χ2n) is 7.38. The van der Waals surface area contributed by atoms with E-state index >= 15 is 0 Å². The number of benzene rings is 2. The molecule has 3 aromatic rings. The summed E-state index contributed by atoms with van der Waals surface area (Å²) in [5.74, 6) is -1.84. The molecule has 0 aliphatic carbocycles. The van der Waals surface area contributed by atoms with E-state index in [0.29, 0.717) is 23.0 Å². The summed E-state index contributed by atoms with van der Waals surface area (Å²) in [5, 5.41) is 22.5. The number of piperidine rings is 1. The van der Waals surface area contributed by atoms with Crippen molar-refractivity contribution >= 4 is 11.7 Å². The first kappa shape index (κ1) is 20.6. The van der Waals surface area contributed by atoms with Crippen LogP contribution in [0.1, 0.15) is 28.9 Å². The summed E-state index contributed by atoms with van der Waals surface area (Å²) in [4.78, 5) is 13.8. The second-order valence-corrected chi connectivity index (χ2v) is 7.38. The zero-order chi connectivity index (χ0) is 22.0. The Bertz CT molecular complexity index is 1140. The summed E-state index contributed by atoms with van der Waals surface area (Å²) in [6.45, 7) is 1.80. The minimum atomic E-state index is -1.17. The van der Waals surface area contributed by atoms with Crippen LogP contribution in [0.5, 0.6) is 0 Å². The van der Waals surface area contributed by atoms with Gasteiger partial charge < -0.3 is 14.7 Å². The Kier molecular flexibility index (Phi) is 5.69. The van der Waals surface area contributed by atoms with Gasteiger partial charge in [-0.2, -0.15) is 10.4 Å². The minimum absolute atomic E-state index is 0.0742. The molecule has 1 saturated heterocycles. The number of aromatic carboxylic acids is 1. The van der Waals surface area contributed by atoms with Crippen LogP contribution in [0, 0.1) is 17.1 Å². The van der Waals surface area contributed by atoms with Gasteiger partial charge in [-0.05, 0) is 55.3 Å². The number of carboxylic acids is 1. The molecule has 1 aliphatic heterocycles. The first-order valence-corrected chi connectivity index (χ1v) is 9.91. The van der Waals surface area contributed by atoms with Gasteiger partial charge in [0.2, 0.25) is 0 Å². The van der Waals surface area contributed by atoms with E-state index in [1.807, 2.05) is 24.3 Å². The van der Waals surface area contributed by atoms with Gasteiger partial charge in [0.25, 0.3) is 0 Å². The zero-order valence-electron chi connectivity index (χ0n) is 17.0. The van der Waals surface area contributed by atoms with Crippen molar-refractivity contribution in [3.63, 3.8) is 0 Å². The summed E-state index contributed by atoms with van der Waals surface area (Å²) < 4.78 is 21.1. The molecule has 7 nitrogen and oxygen atoms in total. The van der Waals surface area contributed by atoms with E-state index in [1.54, 1.807) is 19.2 Å². The minimum Gasteiger partial charge on any atom is -0.476 e. The van der Waals surface area contributed by atoms with E-state index in [0.717, 1.165) is 31.6 Å². The Balaban J connectivity index is 1.67. The van der Waals surface area contributed by atoms with Crippen LogP contribution in [-0.2, 0) is 4.74 Å². The Hall–Kier alpha value is -3.70. The number of hydrogen-bond donors (Lipinski definition) is 1. The van der Waals surface area contributed by atoms with Gasteiger partial charge in [0, 0.05) is 31.5 Å². The van der Waals surface area contributed by atoms with E-state index < -0.39 is 11.8 Å². The van der Waals surface area contributed by atoms with Crippen molar-refractivity contribution in [3.8, 4) is 23.0 Å². The lowest BCUT2D eigenvalue weighted by Crippen LogP contribution is -2.36. The van der Waals surface area contributed by atoms with Gasteiger partial charge in [0.15, 0.2) is 5.69 Å². The summed E-state index contributed by atoms with van der Waals surface area (Å²) in [6, 6.07) is 15.0. The molecule has 2 aromatic carbocycles. The van der Waals surface area contributed by atoms with Crippen molar-refractivity contribution in [2.45, 2.75) is 18.9 Å². The number of methoxy groups -OCH3 is 1. The van der Waals surface area contributed by atoms with Gasteiger partial charge in [-0.15, -0.1) is 0 Å². The van der Waals surface area contributed by atoms with Crippen molar-refractivity contribution in [1.82, 2.24) is 9.78 Å². The van der Waals surface area contributed by atoms with Gasteiger partial charge in [-0.3, -0.25) is 0 Å². The number of nitrogens with zero attached hydrogens (tertiary/aromatic N) is 4. The second kappa shape index (κ2) is 8.58. The van der Waals surface area contributed by atoms with Crippen LogP contribution in [0.4, 0.5) is 10.1 Å². The number of ether oxygens (including phenoxy) is 1. The highest BCUT2D eigenvalue weighted by Crippen LogP contribution is 2.28. The highest BCUT2D eigenvalue weighted by molar-refractivity contribution is 5.87. The van der Waals surface area contributed by atoms with Gasteiger partial charge in [-0.25, -0.2) is 13.9 Å². The number of anilines is 1. The molecular formula is C23H21FN4O3. The number of hydrogen-bond acceptors (Lipinski definition) is 5. The van der Waals surface area contributed by atoms with E-state index in [9.17, 15) is 14.3 Å². The van der Waals surface area contributed by atoms with Crippen LogP contribution in [0.3, 0.4) is 0 Å². The summed E-state index contributed by atoms with van der Waals surface area (Å²) in [5.41, 5.74) is 2.36. The molecule has 4 rings (SSSR count). The monoisotopic (exact) mass is 420 g/mol. The number of halogens is 1. The molecule has 2 heterocycles. The fourth-order valence-electron chi connectivity index (χ4n) is 3.81. The van der Waals surface area contributed by atoms with Crippen LogP contribution in [0.15, 0.2) is 48.5 Å². The largest absolute Gasteiger partial charge is 0.476 e. The highest BCUT2D eigenvalue weighted by Gasteiger charge is 2.20. The van der Waals surface area contributed by atoms with Crippen LogP contribution in [0.2, 0.25) is 0 Å². The lowest BCUT2D eigenvalue weighted by molar-refractivity contribution is 0.0690. The first-order chi connectivity index (χ1) is 15.0. The summed E-state index contributed by atoms with van der Waals surface area (Å²) >= 11 is 0. The van der Waals surface area contributed by atoms with Crippen LogP contribution in [0.25, 0.3) is 16.9 Å². The number of carboxylic acid groups (broad SMARTS) is 1. The van der Waals surface area contributed by atoms with E-state index in [-0.39, 0.29) is 11.3 Å². The maximum atomic E-state index is 14.2. The fourth-order valence-corrected chi connectivity index (χ4v) is 3.81. The van der Waals surface area contributed by atoms with Crippen molar-refractivity contribution < 1.29 is 19.0 Å². The molecule has 0 unspecified atom stereocenters. The van der Waals surface area contributed by atoms with E-state index in [1.165, 1.54) is 22.9 Å². The molecule has 158 valence electrons. The standard InChI is InChI=1S/C23H21FN4O3/c1-31-19-8-10-27(11-9-19)17-4-6-18(7-5-17)28-22(13-21(26-28)23(29)30)15-2-3-16(14-25)20(24)12-15/h2-7,12-13,19H,8-11H2,1H3,(H,29,30). The number of nitriles is 1. The lowest BCUT2D eigenvalue weighted by Gasteiger charge is -2.33. The molecule has 1 N–H and O–H groups in total. The van der Waals surface area contributed by atoms with Gasteiger partial charge >= 0.3 is 5.97 Å². The maximum absolute atomic E-state index is 14.2. The molecule has 1 fully saturated rings. The quantitative estimate of drug-likeness (QED) is 0.674. The topological polar surface area (TPSA) is 91.4 Å². The molecule has 0 saturated carbocycles. The molecular weight excluding hydrogens is 399 g/mol. The van der Waals surface area contributed by atoms with Crippen LogP contribution >= 0.6 is 0 Å². The Morgan fingerprint density at radius 1 is 1.16 bits per heavy atom. The summed E-state index contributed by atoms with van der Waals surface area (Å²) in [6.07, 6.45) is 2.23. The van der Waals surface area contributed by atoms with Gasteiger partial charge in [0.1, 0.15) is 11.9 Å². The SMILES string of the molecule is COC1CCN(c2ccc(-n3nc(C(=O)O)cc3-c3ccc(C#N)c(F)c3)cc2)CC1. The van der Waals surface area contributed by atoms with Crippen LogP contribution < -0.4 is 4.90 Å². The van der Waals surface area contributed by atoms with Crippen LogP contribution in [-0.4, -0.2) is 47.2 Å². The third-order valence-electron chi connectivity index (χ3n) is 5.55. The molecule has 1 aliphatic rings. The normalized spacial score (nSPS) is 14.4. The Morgan fingerprint density at radius 3 is 2.42 bits per heavy atom. The molecule has 0 amide bonds. The smallest absolute Gasteiger partial charge is 0.356 e. The molecule has 0 bridgehead atoms. The number of aromatic nitrogens is 2. The third kappa shape index (κ3) is 4.13. The van der Waals surface area contributed by atoms with E-state index in [4.69, 9.17) is 10.00 Å². The molecule has 8 heteroatoms. The first-order valence-electron chi connectivity index (χ1n) is 9.91. The average molecular weight is 420 g/mol. The zero-order valence-corrected chi connectivity index (χ0v) is 17.0. The Labute approximate surface area is 178 Å². The molecule has 1 aromatic heterocycles. The fraction of sp³-hybridized carbons (Fsp3) is 0.261. The lowest BCUT2D eigenvalue weighted by atomic mass is 10.1. The summed E-state index contributed by atoms with van der Waals surface area (Å²) in [7, 11) is 1.74. The Morgan fingerprint density at radius 2 is 1.84 bits per heavy atom. The third-order valence-corrected chi connectivity index (χ3v) is 5.55. The number of rotatable bonds is 5.